The smallest absolute Gasteiger partial charge is 0.234 e. The van der Waals surface area contributed by atoms with Gasteiger partial charge >= 0.3 is 0 Å². The van der Waals surface area contributed by atoms with Crippen molar-refractivity contribution in [3.63, 3.8) is 0 Å². The van der Waals surface area contributed by atoms with E-state index in [1.807, 2.05) is 19.1 Å². The van der Waals surface area contributed by atoms with Crippen LogP contribution in [0.5, 0.6) is 11.5 Å². The standard InChI is InChI=1S/C20H33N3O3/c1-4-6-10-21-19(24)16-23-13-11-22(12-14-23)15-17-8-7-9-18(26-5-2)20(17)25-3/h7-9H,4-6,10-16H2,1-3H3,(H,21,24). The Morgan fingerprint density at radius 3 is 2.54 bits per heavy atom. The average Bonchev–Trinajstić information content (AvgIpc) is 2.64. The Balaban J connectivity index is 1.82. The third-order valence-electron chi connectivity index (χ3n) is 4.64. The van der Waals surface area contributed by atoms with Gasteiger partial charge in [-0.05, 0) is 19.4 Å². The van der Waals surface area contributed by atoms with Gasteiger partial charge < -0.3 is 14.8 Å². The number of nitrogens with zero attached hydrogens (tertiary/aromatic N) is 2. The van der Waals surface area contributed by atoms with Crippen molar-refractivity contribution in [2.45, 2.75) is 33.2 Å². The van der Waals surface area contributed by atoms with Crippen molar-refractivity contribution in [3.05, 3.63) is 23.8 Å². The number of para-hydroxylation sites is 1. The minimum absolute atomic E-state index is 0.137. The fraction of sp³-hybridized carbons (Fsp3) is 0.650. The molecule has 0 saturated carbocycles. The summed E-state index contributed by atoms with van der Waals surface area (Å²) in [5, 5.41) is 2.99. The average molecular weight is 364 g/mol. The number of rotatable bonds is 10. The summed E-state index contributed by atoms with van der Waals surface area (Å²) in [6.45, 7) is 10.6. The van der Waals surface area contributed by atoms with Crippen LogP contribution in [0.1, 0.15) is 32.3 Å². The Morgan fingerprint density at radius 1 is 1.15 bits per heavy atom. The molecule has 1 aromatic rings. The maximum absolute atomic E-state index is 11.9. The topological polar surface area (TPSA) is 54.0 Å². The zero-order valence-electron chi connectivity index (χ0n) is 16.4. The second kappa shape index (κ2) is 11.0. The van der Waals surface area contributed by atoms with Crippen molar-refractivity contribution in [2.24, 2.45) is 0 Å². The van der Waals surface area contributed by atoms with Crippen LogP contribution in [0.3, 0.4) is 0 Å². The van der Waals surface area contributed by atoms with Crippen LogP contribution in [0.4, 0.5) is 0 Å². The number of methoxy groups -OCH3 is 1. The molecule has 1 N–H and O–H groups in total. The van der Waals surface area contributed by atoms with E-state index in [0.29, 0.717) is 13.2 Å². The van der Waals surface area contributed by atoms with E-state index < -0.39 is 0 Å². The molecular weight excluding hydrogens is 330 g/mol. The zero-order chi connectivity index (χ0) is 18.8. The highest BCUT2D eigenvalue weighted by atomic mass is 16.5. The van der Waals surface area contributed by atoms with Crippen LogP contribution in [0.15, 0.2) is 18.2 Å². The highest BCUT2D eigenvalue weighted by Gasteiger charge is 2.20. The Labute approximate surface area is 157 Å². The summed E-state index contributed by atoms with van der Waals surface area (Å²) in [6.07, 6.45) is 2.15. The van der Waals surface area contributed by atoms with Gasteiger partial charge in [-0.15, -0.1) is 0 Å². The molecule has 146 valence electrons. The molecule has 1 aliphatic rings. The van der Waals surface area contributed by atoms with Crippen LogP contribution in [0, 0.1) is 0 Å². The molecule has 1 aromatic carbocycles. The molecule has 6 nitrogen and oxygen atoms in total. The first kappa shape index (κ1) is 20.5. The van der Waals surface area contributed by atoms with Crippen molar-refractivity contribution < 1.29 is 14.3 Å². The fourth-order valence-electron chi connectivity index (χ4n) is 3.20. The van der Waals surface area contributed by atoms with E-state index in [9.17, 15) is 4.79 Å². The molecule has 1 amide bonds. The second-order valence-corrected chi connectivity index (χ2v) is 6.64. The van der Waals surface area contributed by atoms with Gasteiger partial charge in [0.05, 0.1) is 20.3 Å². The van der Waals surface area contributed by atoms with Crippen molar-refractivity contribution in [1.82, 2.24) is 15.1 Å². The lowest BCUT2D eigenvalue weighted by Gasteiger charge is -2.34. The molecule has 0 bridgehead atoms. The van der Waals surface area contributed by atoms with Crippen LogP contribution < -0.4 is 14.8 Å². The van der Waals surface area contributed by atoms with Crippen LogP contribution in [-0.4, -0.2) is 68.7 Å². The number of benzene rings is 1. The molecular formula is C20H33N3O3. The van der Waals surface area contributed by atoms with E-state index in [1.165, 1.54) is 0 Å². The molecule has 0 aliphatic carbocycles. The van der Waals surface area contributed by atoms with Gasteiger partial charge in [-0.1, -0.05) is 25.5 Å². The summed E-state index contributed by atoms with van der Waals surface area (Å²) in [5.74, 6) is 1.76. The van der Waals surface area contributed by atoms with Gasteiger partial charge in [-0.3, -0.25) is 14.6 Å². The van der Waals surface area contributed by atoms with Gasteiger partial charge in [0, 0.05) is 44.8 Å². The summed E-state index contributed by atoms with van der Waals surface area (Å²) in [5.41, 5.74) is 1.14. The van der Waals surface area contributed by atoms with Crippen molar-refractivity contribution in [2.75, 3.05) is 53.0 Å². The molecule has 0 aromatic heterocycles. The van der Waals surface area contributed by atoms with E-state index in [1.54, 1.807) is 7.11 Å². The van der Waals surface area contributed by atoms with Gasteiger partial charge in [0.1, 0.15) is 0 Å². The summed E-state index contributed by atoms with van der Waals surface area (Å²) in [6, 6.07) is 6.05. The van der Waals surface area contributed by atoms with E-state index in [-0.39, 0.29) is 5.91 Å². The minimum Gasteiger partial charge on any atom is -0.493 e. The van der Waals surface area contributed by atoms with Gasteiger partial charge in [0.15, 0.2) is 11.5 Å². The molecule has 2 rings (SSSR count). The van der Waals surface area contributed by atoms with Crippen molar-refractivity contribution >= 4 is 5.91 Å². The number of piperazine rings is 1. The Hall–Kier alpha value is -1.79. The molecule has 0 unspecified atom stereocenters. The molecule has 1 heterocycles. The number of ether oxygens (including phenoxy) is 2. The molecule has 0 spiro atoms. The van der Waals surface area contributed by atoms with Crippen LogP contribution >= 0.6 is 0 Å². The summed E-state index contributed by atoms with van der Waals surface area (Å²) in [7, 11) is 1.69. The second-order valence-electron chi connectivity index (χ2n) is 6.64. The third kappa shape index (κ3) is 6.18. The minimum atomic E-state index is 0.137. The van der Waals surface area contributed by atoms with Crippen LogP contribution in [-0.2, 0) is 11.3 Å². The first-order valence-electron chi connectivity index (χ1n) is 9.68. The lowest BCUT2D eigenvalue weighted by molar-refractivity contribution is -0.122. The maximum atomic E-state index is 11.9. The maximum Gasteiger partial charge on any atom is 0.234 e. The Kier molecular flexibility index (Phi) is 8.71. The Bertz CT molecular complexity index is 557. The number of unbranched alkanes of at least 4 members (excludes halogenated alkanes) is 1. The SMILES string of the molecule is CCCCNC(=O)CN1CCN(Cc2cccc(OCC)c2OC)CC1. The van der Waals surface area contributed by atoms with Crippen molar-refractivity contribution in [3.8, 4) is 11.5 Å². The van der Waals surface area contributed by atoms with Crippen LogP contribution in [0.2, 0.25) is 0 Å². The predicted molar refractivity (Wildman–Crippen MR) is 104 cm³/mol. The fourth-order valence-corrected chi connectivity index (χ4v) is 3.20. The summed E-state index contributed by atoms with van der Waals surface area (Å²) >= 11 is 0. The molecule has 0 radical (unpaired) electrons. The highest BCUT2D eigenvalue weighted by Crippen LogP contribution is 2.32. The van der Waals surface area contributed by atoms with Crippen molar-refractivity contribution in [1.29, 1.82) is 0 Å². The van der Waals surface area contributed by atoms with Gasteiger partial charge in [0.25, 0.3) is 0 Å². The number of hydrogen-bond acceptors (Lipinski definition) is 5. The molecule has 0 atom stereocenters. The third-order valence-corrected chi connectivity index (χ3v) is 4.64. The number of nitrogens with one attached hydrogen (secondary N) is 1. The highest BCUT2D eigenvalue weighted by molar-refractivity contribution is 5.77. The number of hydrogen-bond donors (Lipinski definition) is 1. The van der Waals surface area contributed by atoms with E-state index >= 15 is 0 Å². The monoisotopic (exact) mass is 363 g/mol. The summed E-state index contributed by atoms with van der Waals surface area (Å²) < 4.78 is 11.2. The first-order chi connectivity index (χ1) is 12.7. The molecule has 6 heteroatoms. The van der Waals surface area contributed by atoms with Gasteiger partial charge in [0.2, 0.25) is 5.91 Å². The summed E-state index contributed by atoms with van der Waals surface area (Å²) in [4.78, 5) is 16.6. The van der Waals surface area contributed by atoms with Crippen LogP contribution in [0.25, 0.3) is 0 Å². The lowest BCUT2D eigenvalue weighted by atomic mass is 10.1. The normalized spacial score (nSPS) is 15.7. The van der Waals surface area contributed by atoms with E-state index in [2.05, 4.69) is 28.1 Å². The van der Waals surface area contributed by atoms with E-state index in [0.717, 1.165) is 69.2 Å². The quantitative estimate of drug-likeness (QED) is 0.646. The molecule has 1 fully saturated rings. The zero-order valence-corrected chi connectivity index (χ0v) is 16.4. The Morgan fingerprint density at radius 2 is 1.88 bits per heavy atom. The molecule has 26 heavy (non-hydrogen) atoms. The molecule has 1 aliphatic heterocycles. The largest absolute Gasteiger partial charge is 0.493 e. The number of carbonyl (C=O) groups excluding carboxylic acids is 1. The lowest BCUT2D eigenvalue weighted by Crippen LogP contribution is -2.49. The van der Waals surface area contributed by atoms with Gasteiger partial charge in [-0.25, -0.2) is 0 Å². The predicted octanol–water partition coefficient (Wildman–Crippen LogP) is 2.13. The van der Waals surface area contributed by atoms with Gasteiger partial charge in [-0.2, -0.15) is 0 Å². The van der Waals surface area contributed by atoms with E-state index in [4.69, 9.17) is 9.47 Å². The number of amides is 1. The number of carbonyl (C=O) groups is 1. The first-order valence-corrected chi connectivity index (χ1v) is 9.68. The molecule has 1 saturated heterocycles.